The highest BCUT2D eigenvalue weighted by Crippen LogP contribution is 2.21. The van der Waals surface area contributed by atoms with Gasteiger partial charge in [0.05, 0.1) is 6.20 Å². The highest BCUT2D eigenvalue weighted by Gasteiger charge is 2.13. The fourth-order valence-electron chi connectivity index (χ4n) is 2.11. The smallest absolute Gasteiger partial charge is 0.144 e. The van der Waals surface area contributed by atoms with E-state index in [1.165, 1.54) is 11.8 Å². The zero-order valence-corrected chi connectivity index (χ0v) is 10.4. The summed E-state index contributed by atoms with van der Waals surface area (Å²) in [5, 5.41) is 3.17. The van der Waals surface area contributed by atoms with E-state index in [0.29, 0.717) is 12.0 Å². The maximum atomic E-state index is 13.6. The van der Waals surface area contributed by atoms with E-state index in [1.54, 1.807) is 12.3 Å². The lowest BCUT2D eigenvalue weighted by Gasteiger charge is -2.17. The van der Waals surface area contributed by atoms with E-state index >= 15 is 0 Å². The second-order valence-corrected chi connectivity index (χ2v) is 4.34. The SMILES string of the molecule is CNCC(Cc1ccncc1F)c1ccccc1. The van der Waals surface area contributed by atoms with Gasteiger partial charge in [-0.15, -0.1) is 0 Å². The summed E-state index contributed by atoms with van der Waals surface area (Å²) >= 11 is 0. The summed E-state index contributed by atoms with van der Waals surface area (Å²) in [5.41, 5.74) is 1.94. The van der Waals surface area contributed by atoms with Crippen molar-refractivity contribution in [3.63, 3.8) is 0 Å². The Labute approximate surface area is 107 Å². The topological polar surface area (TPSA) is 24.9 Å². The molecule has 0 amide bonds. The zero-order valence-electron chi connectivity index (χ0n) is 10.4. The third kappa shape index (κ3) is 3.14. The van der Waals surface area contributed by atoms with Crippen LogP contribution in [0.4, 0.5) is 4.39 Å². The molecule has 1 unspecified atom stereocenters. The molecule has 0 radical (unpaired) electrons. The number of nitrogens with zero attached hydrogens (tertiary/aromatic N) is 1. The molecule has 0 aliphatic heterocycles. The van der Waals surface area contributed by atoms with Crippen molar-refractivity contribution in [2.75, 3.05) is 13.6 Å². The average molecular weight is 244 g/mol. The van der Waals surface area contributed by atoms with E-state index in [1.807, 2.05) is 25.2 Å². The predicted molar refractivity (Wildman–Crippen MR) is 71.0 cm³/mol. The van der Waals surface area contributed by atoms with Crippen LogP contribution < -0.4 is 5.32 Å². The molecule has 0 fully saturated rings. The van der Waals surface area contributed by atoms with E-state index in [-0.39, 0.29) is 11.7 Å². The summed E-state index contributed by atoms with van der Waals surface area (Å²) in [6.45, 7) is 0.825. The van der Waals surface area contributed by atoms with Gasteiger partial charge in [-0.25, -0.2) is 4.39 Å². The van der Waals surface area contributed by atoms with Crippen LogP contribution in [0.3, 0.4) is 0 Å². The quantitative estimate of drug-likeness (QED) is 0.874. The molecular weight excluding hydrogens is 227 g/mol. The lowest BCUT2D eigenvalue weighted by atomic mass is 9.92. The molecule has 1 atom stereocenters. The molecule has 94 valence electrons. The molecule has 0 aliphatic rings. The van der Waals surface area contributed by atoms with E-state index in [0.717, 1.165) is 6.54 Å². The van der Waals surface area contributed by atoms with Crippen molar-refractivity contribution in [2.45, 2.75) is 12.3 Å². The Bertz CT molecular complexity index is 485. The van der Waals surface area contributed by atoms with Gasteiger partial charge in [-0.05, 0) is 30.7 Å². The maximum Gasteiger partial charge on any atom is 0.144 e. The summed E-state index contributed by atoms with van der Waals surface area (Å²) in [5.74, 6) is 0.0441. The molecule has 3 heteroatoms. The fourth-order valence-corrected chi connectivity index (χ4v) is 2.11. The summed E-state index contributed by atoms with van der Waals surface area (Å²) in [6, 6.07) is 11.9. The minimum Gasteiger partial charge on any atom is -0.319 e. The van der Waals surface area contributed by atoms with Crippen molar-refractivity contribution < 1.29 is 4.39 Å². The van der Waals surface area contributed by atoms with Crippen LogP contribution >= 0.6 is 0 Å². The van der Waals surface area contributed by atoms with Crippen LogP contribution in [-0.4, -0.2) is 18.6 Å². The third-order valence-electron chi connectivity index (χ3n) is 3.04. The van der Waals surface area contributed by atoms with Crippen LogP contribution in [0.5, 0.6) is 0 Å². The Kier molecular flexibility index (Phi) is 4.42. The van der Waals surface area contributed by atoms with E-state index in [4.69, 9.17) is 0 Å². The van der Waals surface area contributed by atoms with Gasteiger partial charge in [0.15, 0.2) is 0 Å². The minimum atomic E-state index is -0.227. The highest BCUT2D eigenvalue weighted by atomic mass is 19.1. The Balaban J connectivity index is 2.19. The number of halogens is 1. The Morgan fingerprint density at radius 2 is 2.00 bits per heavy atom. The number of rotatable bonds is 5. The van der Waals surface area contributed by atoms with Crippen molar-refractivity contribution in [2.24, 2.45) is 0 Å². The van der Waals surface area contributed by atoms with E-state index < -0.39 is 0 Å². The first-order valence-electron chi connectivity index (χ1n) is 6.09. The van der Waals surface area contributed by atoms with Gasteiger partial charge in [0.2, 0.25) is 0 Å². The molecule has 0 spiro atoms. The predicted octanol–water partition coefficient (Wildman–Crippen LogP) is 2.77. The number of pyridine rings is 1. The molecule has 18 heavy (non-hydrogen) atoms. The third-order valence-corrected chi connectivity index (χ3v) is 3.04. The van der Waals surface area contributed by atoms with Gasteiger partial charge in [-0.1, -0.05) is 30.3 Å². The number of aromatic nitrogens is 1. The average Bonchev–Trinajstić information content (AvgIpc) is 2.42. The number of benzene rings is 1. The molecule has 2 nitrogen and oxygen atoms in total. The van der Waals surface area contributed by atoms with Gasteiger partial charge in [0.25, 0.3) is 0 Å². The van der Waals surface area contributed by atoms with Crippen molar-refractivity contribution in [3.8, 4) is 0 Å². The molecule has 1 heterocycles. The first kappa shape index (κ1) is 12.7. The summed E-state index contributed by atoms with van der Waals surface area (Å²) in [7, 11) is 1.92. The molecule has 0 aliphatic carbocycles. The second kappa shape index (κ2) is 6.26. The molecule has 2 rings (SSSR count). The number of likely N-dealkylation sites (N-methyl/N-ethyl adjacent to an activating group) is 1. The molecule has 0 saturated heterocycles. The normalized spacial score (nSPS) is 12.3. The second-order valence-electron chi connectivity index (χ2n) is 4.34. The van der Waals surface area contributed by atoms with Crippen molar-refractivity contribution >= 4 is 0 Å². The fraction of sp³-hybridized carbons (Fsp3) is 0.267. The molecule has 2 aromatic rings. The van der Waals surface area contributed by atoms with Gasteiger partial charge in [-0.3, -0.25) is 4.98 Å². The summed E-state index contributed by atoms with van der Waals surface area (Å²) in [6.07, 6.45) is 3.59. The zero-order chi connectivity index (χ0) is 12.8. The van der Waals surface area contributed by atoms with Gasteiger partial charge < -0.3 is 5.32 Å². The Morgan fingerprint density at radius 1 is 1.22 bits per heavy atom. The van der Waals surface area contributed by atoms with Gasteiger partial charge in [0, 0.05) is 18.7 Å². The number of hydrogen-bond acceptors (Lipinski definition) is 2. The first-order chi connectivity index (χ1) is 8.81. The van der Waals surface area contributed by atoms with Crippen molar-refractivity contribution in [1.29, 1.82) is 0 Å². The monoisotopic (exact) mass is 244 g/mol. The van der Waals surface area contributed by atoms with Crippen LogP contribution in [0.25, 0.3) is 0 Å². The Morgan fingerprint density at radius 3 is 2.67 bits per heavy atom. The highest BCUT2D eigenvalue weighted by molar-refractivity contribution is 5.24. The molecular formula is C15H17FN2. The largest absolute Gasteiger partial charge is 0.319 e. The summed E-state index contributed by atoms with van der Waals surface area (Å²) in [4.78, 5) is 3.78. The molecule has 0 bridgehead atoms. The summed E-state index contributed by atoms with van der Waals surface area (Å²) < 4.78 is 13.6. The number of hydrogen-bond donors (Lipinski definition) is 1. The Hall–Kier alpha value is -1.74. The van der Waals surface area contributed by atoms with Crippen LogP contribution in [0, 0.1) is 5.82 Å². The molecule has 1 aromatic heterocycles. The van der Waals surface area contributed by atoms with Crippen LogP contribution in [0.15, 0.2) is 48.8 Å². The van der Waals surface area contributed by atoms with Gasteiger partial charge >= 0.3 is 0 Å². The van der Waals surface area contributed by atoms with E-state index in [2.05, 4.69) is 22.4 Å². The lowest BCUT2D eigenvalue weighted by Crippen LogP contribution is -2.19. The van der Waals surface area contributed by atoms with Gasteiger partial charge in [0.1, 0.15) is 5.82 Å². The standard InChI is InChI=1S/C15H17FN2/c1-17-10-14(12-5-3-2-4-6-12)9-13-7-8-18-11-15(13)16/h2-8,11,14,17H,9-10H2,1H3. The molecule has 1 N–H and O–H groups in total. The van der Waals surface area contributed by atoms with Gasteiger partial charge in [-0.2, -0.15) is 0 Å². The maximum absolute atomic E-state index is 13.6. The minimum absolute atomic E-state index is 0.227. The van der Waals surface area contributed by atoms with E-state index in [9.17, 15) is 4.39 Å². The van der Waals surface area contributed by atoms with Crippen LogP contribution in [0.2, 0.25) is 0 Å². The molecule has 0 saturated carbocycles. The van der Waals surface area contributed by atoms with Crippen molar-refractivity contribution in [1.82, 2.24) is 10.3 Å². The van der Waals surface area contributed by atoms with Crippen LogP contribution in [0.1, 0.15) is 17.0 Å². The van der Waals surface area contributed by atoms with Crippen molar-refractivity contribution in [3.05, 3.63) is 65.7 Å². The molecule has 1 aromatic carbocycles. The lowest BCUT2D eigenvalue weighted by molar-refractivity contribution is 0.570. The van der Waals surface area contributed by atoms with Crippen LogP contribution in [-0.2, 0) is 6.42 Å². The number of nitrogens with one attached hydrogen (secondary N) is 1. The first-order valence-corrected chi connectivity index (χ1v) is 6.09.